The lowest BCUT2D eigenvalue weighted by Crippen LogP contribution is -2.42. The van der Waals surface area contributed by atoms with E-state index in [1.165, 1.54) is 43.3 Å². The monoisotopic (exact) mass is 373 g/mol. The number of benzene rings is 2. The Balaban J connectivity index is 1.76. The zero-order valence-electron chi connectivity index (χ0n) is 14.7. The van der Waals surface area contributed by atoms with E-state index in [2.05, 4.69) is 10.6 Å². The topological polar surface area (TPSA) is 78.5 Å². The number of anilines is 1. The molecule has 0 spiro atoms. The Labute approximate surface area is 154 Å². The van der Waals surface area contributed by atoms with Gasteiger partial charge in [0.2, 0.25) is 5.91 Å². The minimum atomic E-state index is -1.40. The van der Waals surface area contributed by atoms with Crippen molar-refractivity contribution < 1.29 is 23.2 Å². The summed E-state index contributed by atoms with van der Waals surface area (Å²) < 4.78 is 26.5. The number of halogens is 2. The van der Waals surface area contributed by atoms with Gasteiger partial charge < -0.3 is 10.6 Å². The molecule has 1 unspecified atom stereocenters. The Bertz CT molecular complexity index is 930. The number of imide groups is 1. The maximum absolute atomic E-state index is 13.3. The highest BCUT2D eigenvalue weighted by Crippen LogP contribution is 2.29. The highest BCUT2D eigenvalue weighted by Gasteiger charge is 2.49. The van der Waals surface area contributed by atoms with Gasteiger partial charge in [0, 0.05) is 5.69 Å². The van der Waals surface area contributed by atoms with Crippen LogP contribution in [0.5, 0.6) is 0 Å². The van der Waals surface area contributed by atoms with Crippen LogP contribution >= 0.6 is 0 Å². The number of carbonyl (C=O) groups is 3. The van der Waals surface area contributed by atoms with Crippen LogP contribution in [0.15, 0.2) is 42.5 Å². The molecule has 0 aliphatic carbocycles. The average Bonchev–Trinajstić information content (AvgIpc) is 2.83. The van der Waals surface area contributed by atoms with Gasteiger partial charge in [-0.2, -0.15) is 0 Å². The van der Waals surface area contributed by atoms with Crippen molar-refractivity contribution in [1.29, 1.82) is 0 Å². The van der Waals surface area contributed by atoms with Crippen LogP contribution in [0.3, 0.4) is 0 Å². The van der Waals surface area contributed by atoms with E-state index < -0.39 is 41.6 Å². The number of hydrogen-bond acceptors (Lipinski definition) is 3. The smallest absolute Gasteiger partial charge is 0.324 e. The van der Waals surface area contributed by atoms with E-state index in [-0.39, 0.29) is 5.69 Å². The van der Waals surface area contributed by atoms with Crippen molar-refractivity contribution in [3.63, 3.8) is 0 Å². The first-order valence-electron chi connectivity index (χ1n) is 8.17. The van der Waals surface area contributed by atoms with E-state index in [0.717, 1.165) is 11.0 Å². The van der Waals surface area contributed by atoms with Crippen LogP contribution < -0.4 is 10.6 Å². The second kappa shape index (κ2) is 6.79. The van der Waals surface area contributed by atoms with Gasteiger partial charge in [-0.05, 0) is 49.2 Å². The first-order chi connectivity index (χ1) is 12.7. The van der Waals surface area contributed by atoms with Crippen molar-refractivity contribution in [2.24, 2.45) is 0 Å². The van der Waals surface area contributed by atoms with Gasteiger partial charge in [-0.3, -0.25) is 14.5 Å². The zero-order valence-corrected chi connectivity index (χ0v) is 14.7. The molecule has 2 N–H and O–H groups in total. The van der Waals surface area contributed by atoms with Gasteiger partial charge in [0.05, 0.1) is 0 Å². The molecule has 6 nitrogen and oxygen atoms in total. The molecule has 0 saturated carbocycles. The summed E-state index contributed by atoms with van der Waals surface area (Å²) in [4.78, 5) is 38.0. The lowest BCUT2D eigenvalue weighted by molar-refractivity contribution is -0.133. The molecule has 1 fully saturated rings. The Kier molecular flexibility index (Phi) is 4.65. The van der Waals surface area contributed by atoms with E-state index in [1.807, 2.05) is 0 Å². The van der Waals surface area contributed by atoms with Gasteiger partial charge in [-0.1, -0.05) is 18.2 Å². The van der Waals surface area contributed by atoms with Crippen molar-refractivity contribution in [2.45, 2.75) is 19.4 Å². The fourth-order valence-electron chi connectivity index (χ4n) is 2.88. The first kappa shape index (κ1) is 18.5. The Hall–Kier alpha value is -3.29. The Morgan fingerprint density at radius 1 is 1.11 bits per heavy atom. The fraction of sp³-hybridized carbons (Fsp3) is 0.211. The number of hydrogen-bond donors (Lipinski definition) is 2. The molecule has 2 aromatic rings. The summed E-state index contributed by atoms with van der Waals surface area (Å²) >= 11 is 0. The quantitative estimate of drug-likeness (QED) is 0.809. The predicted octanol–water partition coefficient (Wildman–Crippen LogP) is 2.68. The van der Waals surface area contributed by atoms with Gasteiger partial charge in [0.15, 0.2) is 0 Å². The number of nitrogens with one attached hydrogen (secondary N) is 2. The van der Waals surface area contributed by atoms with E-state index >= 15 is 0 Å². The van der Waals surface area contributed by atoms with Crippen LogP contribution in [0.1, 0.15) is 18.1 Å². The van der Waals surface area contributed by atoms with Crippen molar-refractivity contribution in [1.82, 2.24) is 10.2 Å². The molecule has 140 valence electrons. The van der Waals surface area contributed by atoms with Crippen LogP contribution in [0.2, 0.25) is 0 Å². The van der Waals surface area contributed by atoms with Gasteiger partial charge in [0.25, 0.3) is 5.91 Å². The number of rotatable bonds is 4. The SMILES string of the molecule is Cc1ccc(F)cc1NC(=O)CN1C(=O)NC(C)(c2ccc(F)cc2)C1=O. The number of amides is 4. The predicted molar refractivity (Wildman–Crippen MR) is 93.8 cm³/mol. The lowest BCUT2D eigenvalue weighted by atomic mass is 9.92. The average molecular weight is 373 g/mol. The molecule has 4 amide bonds. The molecule has 0 radical (unpaired) electrons. The minimum absolute atomic E-state index is 0.258. The summed E-state index contributed by atoms with van der Waals surface area (Å²) in [5.74, 6) is -2.27. The maximum Gasteiger partial charge on any atom is 0.325 e. The highest BCUT2D eigenvalue weighted by molar-refractivity contribution is 6.10. The molecule has 1 aliphatic rings. The lowest BCUT2D eigenvalue weighted by Gasteiger charge is -2.22. The summed E-state index contributed by atoms with van der Waals surface area (Å²) in [5, 5.41) is 5.02. The fourth-order valence-corrected chi connectivity index (χ4v) is 2.88. The summed E-state index contributed by atoms with van der Waals surface area (Å²) in [5.41, 5.74) is -0.114. The highest BCUT2D eigenvalue weighted by atomic mass is 19.1. The maximum atomic E-state index is 13.3. The van der Waals surface area contributed by atoms with Crippen molar-refractivity contribution >= 4 is 23.5 Å². The van der Waals surface area contributed by atoms with E-state index in [0.29, 0.717) is 11.1 Å². The second-order valence-electron chi connectivity index (χ2n) is 6.46. The molecule has 0 aromatic heterocycles. The molecule has 1 aliphatic heterocycles. The summed E-state index contributed by atoms with van der Waals surface area (Å²) in [6.45, 7) is 2.64. The van der Waals surface area contributed by atoms with Crippen LogP contribution in [-0.4, -0.2) is 29.3 Å². The van der Waals surface area contributed by atoms with Crippen LogP contribution in [-0.2, 0) is 15.1 Å². The third kappa shape index (κ3) is 3.51. The van der Waals surface area contributed by atoms with Gasteiger partial charge in [0.1, 0.15) is 23.7 Å². The molecular formula is C19H17F2N3O3. The summed E-state index contributed by atoms with van der Waals surface area (Å²) in [6, 6.07) is 8.34. The standard InChI is InChI=1S/C19H17F2N3O3/c1-11-3-6-14(21)9-15(11)22-16(25)10-24-17(26)19(2,23-18(24)27)12-4-7-13(20)8-5-12/h3-9H,10H2,1-2H3,(H,22,25)(H,23,27). The Morgan fingerprint density at radius 2 is 1.74 bits per heavy atom. The third-order valence-corrected chi connectivity index (χ3v) is 4.47. The number of urea groups is 1. The largest absolute Gasteiger partial charge is 0.325 e. The van der Waals surface area contributed by atoms with Gasteiger partial charge >= 0.3 is 6.03 Å². The van der Waals surface area contributed by atoms with Crippen LogP contribution in [0.4, 0.5) is 19.3 Å². The van der Waals surface area contributed by atoms with Crippen LogP contribution in [0, 0.1) is 18.6 Å². The molecule has 8 heteroatoms. The minimum Gasteiger partial charge on any atom is -0.324 e. The molecule has 2 aromatic carbocycles. The van der Waals surface area contributed by atoms with E-state index in [9.17, 15) is 23.2 Å². The molecule has 1 heterocycles. The molecular weight excluding hydrogens is 356 g/mol. The molecule has 0 bridgehead atoms. The zero-order chi connectivity index (χ0) is 19.8. The third-order valence-electron chi connectivity index (χ3n) is 4.47. The molecule has 1 saturated heterocycles. The first-order valence-corrected chi connectivity index (χ1v) is 8.17. The Morgan fingerprint density at radius 3 is 2.41 bits per heavy atom. The summed E-state index contributed by atoms with van der Waals surface area (Å²) in [6.07, 6.45) is 0. The number of nitrogens with zero attached hydrogens (tertiary/aromatic N) is 1. The molecule has 3 rings (SSSR count). The van der Waals surface area contributed by atoms with E-state index in [4.69, 9.17) is 0 Å². The van der Waals surface area contributed by atoms with E-state index in [1.54, 1.807) is 6.92 Å². The number of aryl methyl sites for hydroxylation is 1. The van der Waals surface area contributed by atoms with Gasteiger partial charge in [-0.25, -0.2) is 13.6 Å². The van der Waals surface area contributed by atoms with Crippen molar-refractivity contribution in [3.8, 4) is 0 Å². The van der Waals surface area contributed by atoms with Gasteiger partial charge in [-0.15, -0.1) is 0 Å². The van der Waals surface area contributed by atoms with Crippen LogP contribution in [0.25, 0.3) is 0 Å². The second-order valence-corrected chi connectivity index (χ2v) is 6.46. The molecule has 1 atom stereocenters. The van der Waals surface area contributed by atoms with Crippen molar-refractivity contribution in [3.05, 3.63) is 65.2 Å². The summed E-state index contributed by atoms with van der Waals surface area (Å²) in [7, 11) is 0. The molecule has 27 heavy (non-hydrogen) atoms. The number of carbonyl (C=O) groups excluding carboxylic acids is 3. The normalized spacial score (nSPS) is 19.2. The van der Waals surface area contributed by atoms with Crippen molar-refractivity contribution in [2.75, 3.05) is 11.9 Å².